The lowest BCUT2D eigenvalue weighted by Crippen LogP contribution is -2.03. The minimum atomic E-state index is 0.639. The van der Waals surface area contributed by atoms with Crippen molar-refractivity contribution in [2.75, 3.05) is 0 Å². The van der Waals surface area contributed by atoms with E-state index in [4.69, 9.17) is 9.97 Å². The third-order valence-electron chi connectivity index (χ3n) is 13.1. The van der Waals surface area contributed by atoms with Gasteiger partial charge in [0.05, 0.1) is 33.3 Å². The van der Waals surface area contributed by atoms with E-state index in [1.54, 1.807) is 0 Å². The largest absolute Gasteiger partial charge is 0.309 e. The SMILES string of the molecule is c1ccc(-c2cc(-c3ccccc3)cc(-c3cccc(-c4nc(-n5c6ccccc6c6cc(-c7ccc8c(c7)c7ccccc7n8-c7ccccc7)ccc65)nc5ccccc45)c3)c2)cc1. The predicted molar refractivity (Wildman–Crippen MR) is 275 cm³/mol. The van der Waals surface area contributed by atoms with Gasteiger partial charge in [-0.3, -0.25) is 4.57 Å². The monoisotopic (exact) mass is 840 g/mol. The van der Waals surface area contributed by atoms with Crippen LogP contribution < -0.4 is 0 Å². The molecule has 0 aliphatic heterocycles. The second-order valence-corrected chi connectivity index (χ2v) is 17.0. The van der Waals surface area contributed by atoms with Gasteiger partial charge < -0.3 is 4.57 Å². The average molecular weight is 841 g/mol. The summed E-state index contributed by atoms with van der Waals surface area (Å²) in [5.74, 6) is 0.639. The molecule has 0 saturated heterocycles. The van der Waals surface area contributed by atoms with Crippen LogP contribution in [-0.4, -0.2) is 19.1 Å². The van der Waals surface area contributed by atoms with Crippen molar-refractivity contribution >= 4 is 54.5 Å². The lowest BCUT2D eigenvalue weighted by molar-refractivity contribution is 1.01. The highest BCUT2D eigenvalue weighted by Gasteiger charge is 2.20. The first-order chi connectivity index (χ1) is 32.7. The van der Waals surface area contributed by atoms with E-state index in [0.717, 1.165) is 66.3 Å². The topological polar surface area (TPSA) is 35.6 Å². The molecule has 0 amide bonds. The second kappa shape index (κ2) is 15.4. The third-order valence-corrected chi connectivity index (χ3v) is 13.1. The van der Waals surface area contributed by atoms with Crippen molar-refractivity contribution < 1.29 is 0 Å². The van der Waals surface area contributed by atoms with E-state index in [-0.39, 0.29) is 0 Å². The molecule has 0 N–H and O–H groups in total. The van der Waals surface area contributed by atoms with Gasteiger partial charge >= 0.3 is 0 Å². The van der Waals surface area contributed by atoms with Gasteiger partial charge in [0.1, 0.15) is 0 Å². The first-order valence-electron chi connectivity index (χ1n) is 22.5. The molecule has 0 fully saturated rings. The summed E-state index contributed by atoms with van der Waals surface area (Å²) in [5.41, 5.74) is 17.8. The van der Waals surface area contributed by atoms with Crippen molar-refractivity contribution in [3.8, 4) is 67.4 Å². The number of benzene rings is 10. The molecule has 13 rings (SSSR count). The highest BCUT2D eigenvalue weighted by atomic mass is 15.2. The summed E-state index contributed by atoms with van der Waals surface area (Å²) in [7, 11) is 0. The van der Waals surface area contributed by atoms with E-state index in [1.165, 1.54) is 49.6 Å². The molecular formula is C62H40N4. The Morgan fingerprint density at radius 2 is 0.667 bits per heavy atom. The molecule has 4 heteroatoms. The summed E-state index contributed by atoms with van der Waals surface area (Å²) >= 11 is 0. The fraction of sp³-hybridized carbons (Fsp3) is 0. The van der Waals surface area contributed by atoms with Crippen LogP contribution in [0.3, 0.4) is 0 Å². The van der Waals surface area contributed by atoms with Crippen molar-refractivity contribution in [1.29, 1.82) is 0 Å². The normalized spacial score (nSPS) is 11.6. The summed E-state index contributed by atoms with van der Waals surface area (Å²) in [6.07, 6.45) is 0. The molecule has 3 aromatic heterocycles. The van der Waals surface area contributed by atoms with E-state index in [9.17, 15) is 0 Å². The maximum atomic E-state index is 5.50. The minimum absolute atomic E-state index is 0.639. The number of fused-ring (bicyclic) bond motifs is 7. The number of nitrogens with zero attached hydrogens (tertiary/aromatic N) is 4. The number of hydrogen-bond donors (Lipinski definition) is 0. The fourth-order valence-corrected chi connectivity index (χ4v) is 9.99. The zero-order chi connectivity index (χ0) is 43.6. The smallest absolute Gasteiger partial charge is 0.235 e. The van der Waals surface area contributed by atoms with Crippen LogP contribution in [0.15, 0.2) is 243 Å². The molecule has 66 heavy (non-hydrogen) atoms. The summed E-state index contributed by atoms with van der Waals surface area (Å²) in [6, 6.07) is 87.0. The Bertz CT molecular complexity index is 3920. The van der Waals surface area contributed by atoms with Crippen LogP contribution in [0.25, 0.3) is 122 Å². The van der Waals surface area contributed by atoms with Crippen LogP contribution in [0, 0.1) is 0 Å². The van der Waals surface area contributed by atoms with Crippen LogP contribution in [0.2, 0.25) is 0 Å². The van der Waals surface area contributed by atoms with Gasteiger partial charge in [-0.05, 0) is 123 Å². The fourth-order valence-electron chi connectivity index (χ4n) is 9.99. The Morgan fingerprint density at radius 1 is 0.242 bits per heavy atom. The molecule has 0 aliphatic rings. The first kappa shape index (κ1) is 37.7. The van der Waals surface area contributed by atoms with Gasteiger partial charge in [0, 0.05) is 38.2 Å². The van der Waals surface area contributed by atoms with E-state index in [0.29, 0.717) is 5.95 Å². The summed E-state index contributed by atoms with van der Waals surface area (Å²) in [4.78, 5) is 10.8. The Balaban J connectivity index is 0.951. The molecular weight excluding hydrogens is 801 g/mol. The van der Waals surface area contributed by atoms with Gasteiger partial charge in [-0.15, -0.1) is 0 Å². The van der Waals surface area contributed by atoms with Crippen molar-refractivity contribution in [3.05, 3.63) is 243 Å². The van der Waals surface area contributed by atoms with E-state index in [1.807, 2.05) is 0 Å². The molecule has 0 saturated carbocycles. The van der Waals surface area contributed by atoms with Crippen LogP contribution in [-0.2, 0) is 0 Å². The number of aromatic nitrogens is 4. The Morgan fingerprint density at radius 3 is 1.29 bits per heavy atom. The molecule has 10 aromatic carbocycles. The van der Waals surface area contributed by atoms with Crippen molar-refractivity contribution in [2.45, 2.75) is 0 Å². The van der Waals surface area contributed by atoms with Crippen LogP contribution in [0.5, 0.6) is 0 Å². The van der Waals surface area contributed by atoms with Crippen molar-refractivity contribution in [3.63, 3.8) is 0 Å². The summed E-state index contributed by atoms with van der Waals surface area (Å²) in [6.45, 7) is 0. The van der Waals surface area contributed by atoms with E-state index >= 15 is 0 Å². The van der Waals surface area contributed by atoms with Crippen molar-refractivity contribution in [1.82, 2.24) is 19.1 Å². The quantitative estimate of drug-likeness (QED) is 0.160. The van der Waals surface area contributed by atoms with Crippen molar-refractivity contribution in [2.24, 2.45) is 0 Å². The van der Waals surface area contributed by atoms with Gasteiger partial charge in [-0.25, -0.2) is 9.97 Å². The highest BCUT2D eigenvalue weighted by molar-refractivity contribution is 6.13. The van der Waals surface area contributed by atoms with Gasteiger partial charge in [-0.2, -0.15) is 0 Å². The Kier molecular flexibility index (Phi) is 8.81. The molecule has 4 nitrogen and oxygen atoms in total. The number of hydrogen-bond acceptors (Lipinski definition) is 2. The Labute approximate surface area is 382 Å². The molecule has 0 atom stereocenters. The van der Waals surface area contributed by atoms with E-state index in [2.05, 4.69) is 252 Å². The van der Waals surface area contributed by atoms with Gasteiger partial charge in [0.2, 0.25) is 5.95 Å². The number of rotatable bonds is 7. The zero-order valence-electron chi connectivity index (χ0n) is 35.9. The van der Waals surface area contributed by atoms with Gasteiger partial charge in [-0.1, -0.05) is 164 Å². The lowest BCUT2D eigenvalue weighted by atomic mass is 9.92. The number of para-hydroxylation sites is 4. The highest BCUT2D eigenvalue weighted by Crippen LogP contribution is 2.40. The standard InChI is InChI=1S/C62H40N4/c1-4-17-41(18-5-1)47-36-48(42-19-6-2-7-20-42)38-49(37-47)43-21-16-22-46(35-43)61-53-27-10-13-28-56(53)63-62(64-61)66-58-30-15-12-26-52(58)55-40-45(32-34-60(55)66)44-31-33-59-54(39-44)51-25-11-14-29-57(51)65(59)50-23-8-3-9-24-50/h1-40H. The summed E-state index contributed by atoms with van der Waals surface area (Å²) in [5, 5.41) is 5.79. The van der Waals surface area contributed by atoms with Crippen LogP contribution in [0.1, 0.15) is 0 Å². The zero-order valence-corrected chi connectivity index (χ0v) is 35.9. The average Bonchev–Trinajstić information content (AvgIpc) is 3.91. The predicted octanol–water partition coefficient (Wildman–Crippen LogP) is 16.2. The first-order valence-corrected chi connectivity index (χ1v) is 22.5. The molecule has 0 aliphatic carbocycles. The van der Waals surface area contributed by atoms with E-state index < -0.39 is 0 Å². The van der Waals surface area contributed by atoms with Crippen LogP contribution in [0.4, 0.5) is 0 Å². The van der Waals surface area contributed by atoms with Gasteiger partial charge in [0.25, 0.3) is 0 Å². The lowest BCUT2D eigenvalue weighted by Gasteiger charge is -2.14. The van der Waals surface area contributed by atoms with Crippen LogP contribution >= 0.6 is 0 Å². The molecule has 308 valence electrons. The summed E-state index contributed by atoms with van der Waals surface area (Å²) < 4.78 is 4.60. The maximum Gasteiger partial charge on any atom is 0.235 e. The molecule has 0 unspecified atom stereocenters. The molecule has 0 radical (unpaired) electrons. The molecule has 0 bridgehead atoms. The Hall–Kier alpha value is -8.86. The molecule has 0 spiro atoms. The maximum absolute atomic E-state index is 5.50. The molecule has 13 aromatic rings. The third kappa shape index (κ3) is 6.30. The van der Waals surface area contributed by atoms with Gasteiger partial charge in [0.15, 0.2) is 0 Å². The molecule has 3 heterocycles. The second-order valence-electron chi connectivity index (χ2n) is 17.0. The minimum Gasteiger partial charge on any atom is -0.309 e.